The lowest BCUT2D eigenvalue weighted by Gasteiger charge is -2.08. The van der Waals surface area contributed by atoms with E-state index >= 15 is 0 Å². The van der Waals surface area contributed by atoms with E-state index in [1.165, 1.54) is 0 Å². The molecule has 1 aromatic carbocycles. The maximum atomic E-state index is 12.7. The Morgan fingerprint density at radius 2 is 1.83 bits per heavy atom. The zero-order valence-corrected chi connectivity index (χ0v) is 8.98. The first kappa shape index (κ1) is 12.2. The second-order valence-electron chi connectivity index (χ2n) is 3.52. The third kappa shape index (κ3) is 2.20. The van der Waals surface area contributed by atoms with E-state index in [1.807, 2.05) is 0 Å². The average Bonchev–Trinajstić information content (AvgIpc) is 2.74. The first-order valence-electron chi connectivity index (χ1n) is 4.91. The minimum Gasteiger partial charge on any atom is -0.363 e. The molecule has 1 amide bonds. The van der Waals surface area contributed by atoms with Crippen molar-refractivity contribution < 1.29 is 18.0 Å². The number of hydrogen-bond acceptors (Lipinski definition) is 2. The van der Waals surface area contributed by atoms with Crippen molar-refractivity contribution in [3.8, 4) is 11.3 Å². The molecule has 0 bridgehead atoms. The molecule has 2 aromatic rings. The number of nitrogens with zero attached hydrogens (tertiary/aromatic N) is 2. The lowest BCUT2D eigenvalue weighted by Crippen LogP contribution is -2.25. The Balaban J connectivity index is 2.57. The topological polar surface area (TPSA) is 60.9 Å². The van der Waals surface area contributed by atoms with Crippen molar-refractivity contribution >= 4 is 5.91 Å². The summed E-state index contributed by atoms with van der Waals surface area (Å²) in [5.41, 5.74) is 5.40. The third-order valence-electron chi connectivity index (χ3n) is 2.27. The van der Waals surface area contributed by atoms with Gasteiger partial charge in [0.1, 0.15) is 0 Å². The number of alkyl halides is 3. The summed E-state index contributed by atoms with van der Waals surface area (Å²) in [6.45, 7) is 0. The monoisotopic (exact) mass is 255 g/mol. The summed E-state index contributed by atoms with van der Waals surface area (Å²) in [5.74, 6) is -2.06. The molecular weight excluding hydrogens is 247 g/mol. The number of primary amides is 1. The molecule has 0 aliphatic carbocycles. The van der Waals surface area contributed by atoms with E-state index in [9.17, 15) is 18.0 Å². The van der Waals surface area contributed by atoms with Crippen LogP contribution in [0.1, 0.15) is 10.6 Å². The van der Waals surface area contributed by atoms with E-state index in [0.717, 1.165) is 6.20 Å². The third-order valence-corrected chi connectivity index (χ3v) is 2.27. The Bertz CT molecular complexity index is 575. The Morgan fingerprint density at radius 3 is 2.28 bits per heavy atom. The number of nitrogens with two attached hydrogens (primary N) is 1. The Morgan fingerprint density at radius 1 is 1.22 bits per heavy atom. The standard InChI is InChI=1S/C11H8F3N3O/c12-11(13,14)17-6-8(16-10(17)9(15)18)7-4-2-1-3-5-7/h1-6H,(H2,15,18). The zero-order chi connectivity index (χ0) is 13.3. The van der Waals surface area contributed by atoms with E-state index in [2.05, 4.69) is 4.98 Å². The summed E-state index contributed by atoms with van der Waals surface area (Å²) in [6.07, 6.45) is -3.99. The van der Waals surface area contributed by atoms with Crippen LogP contribution >= 0.6 is 0 Å². The smallest absolute Gasteiger partial charge is 0.363 e. The van der Waals surface area contributed by atoms with Crippen LogP contribution in [0.3, 0.4) is 0 Å². The maximum Gasteiger partial charge on any atom is 0.490 e. The molecule has 0 spiro atoms. The molecule has 0 aliphatic rings. The average molecular weight is 255 g/mol. The number of carbonyl (C=O) groups is 1. The number of amides is 1. The minimum absolute atomic E-state index is 0.0433. The number of rotatable bonds is 2. The highest BCUT2D eigenvalue weighted by molar-refractivity contribution is 5.90. The van der Waals surface area contributed by atoms with Crippen LogP contribution in [-0.4, -0.2) is 15.5 Å². The van der Waals surface area contributed by atoms with Crippen molar-refractivity contribution in [2.45, 2.75) is 6.30 Å². The molecule has 4 nitrogen and oxygen atoms in total. The molecule has 0 saturated heterocycles. The van der Waals surface area contributed by atoms with Gasteiger partial charge in [0.15, 0.2) is 0 Å². The van der Waals surface area contributed by atoms with Crippen LogP contribution in [0, 0.1) is 0 Å². The van der Waals surface area contributed by atoms with Gasteiger partial charge in [-0.1, -0.05) is 30.3 Å². The van der Waals surface area contributed by atoms with Gasteiger partial charge in [0, 0.05) is 11.8 Å². The predicted molar refractivity (Wildman–Crippen MR) is 57.5 cm³/mol. The lowest BCUT2D eigenvalue weighted by molar-refractivity contribution is -0.204. The first-order valence-corrected chi connectivity index (χ1v) is 4.91. The molecule has 94 valence electrons. The van der Waals surface area contributed by atoms with Crippen LogP contribution in [-0.2, 0) is 6.30 Å². The molecule has 7 heteroatoms. The predicted octanol–water partition coefficient (Wildman–Crippen LogP) is 2.13. The highest BCUT2D eigenvalue weighted by atomic mass is 19.4. The quantitative estimate of drug-likeness (QED) is 0.893. The van der Waals surface area contributed by atoms with Crippen molar-refractivity contribution in [2.75, 3.05) is 0 Å². The first-order chi connectivity index (χ1) is 8.39. The van der Waals surface area contributed by atoms with Gasteiger partial charge in [0.05, 0.1) is 5.69 Å². The van der Waals surface area contributed by atoms with Gasteiger partial charge in [0.25, 0.3) is 5.91 Å². The number of halogens is 3. The van der Waals surface area contributed by atoms with Gasteiger partial charge in [0.2, 0.25) is 5.82 Å². The molecule has 0 radical (unpaired) electrons. The molecule has 0 unspecified atom stereocenters. The van der Waals surface area contributed by atoms with Crippen LogP contribution < -0.4 is 5.73 Å². The van der Waals surface area contributed by atoms with E-state index in [1.54, 1.807) is 30.3 Å². The van der Waals surface area contributed by atoms with Gasteiger partial charge in [-0.25, -0.2) is 9.55 Å². The fourth-order valence-electron chi connectivity index (χ4n) is 1.50. The summed E-state index contributed by atoms with van der Waals surface area (Å²) >= 11 is 0. The SMILES string of the molecule is NC(=O)c1nc(-c2ccccc2)cn1C(F)(F)F. The molecular formula is C11H8F3N3O. The molecule has 0 saturated carbocycles. The highest BCUT2D eigenvalue weighted by Gasteiger charge is 2.35. The summed E-state index contributed by atoms with van der Waals surface area (Å²) in [6, 6.07) is 8.22. The van der Waals surface area contributed by atoms with Crippen molar-refractivity contribution in [3.05, 3.63) is 42.4 Å². The fourth-order valence-corrected chi connectivity index (χ4v) is 1.50. The second-order valence-corrected chi connectivity index (χ2v) is 3.52. The van der Waals surface area contributed by atoms with Crippen LogP contribution in [0.25, 0.3) is 11.3 Å². The van der Waals surface area contributed by atoms with Crippen molar-refractivity contribution in [1.29, 1.82) is 0 Å². The fraction of sp³-hybridized carbons (Fsp3) is 0.0909. The van der Waals surface area contributed by atoms with Crippen molar-refractivity contribution in [2.24, 2.45) is 5.73 Å². The van der Waals surface area contributed by atoms with Crippen LogP contribution in [0.2, 0.25) is 0 Å². The van der Waals surface area contributed by atoms with Gasteiger partial charge >= 0.3 is 6.30 Å². The largest absolute Gasteiger partial charge is 0.490 e. The minimum atomic E-state index is -4.73. The van der Waals surface area contributed by atoms with Gasteiger partial charge in [-0.05, 0) is 0 Å². The highest BCUT2D eigenvalue weighted by Crippen LogP contribution is 2.27. The Labute approximate surface area is 99.9 Å². The summed E-state index contributed by atoms with van der Waals surface area (Å²) < 4.78 is 37.8. The normalized spacial score (nSPS) is 11.5. The van der Waals surface area contributed by atoms with Crippen LogP contribution in [0.4, 0.5) is 13.2 Å². The van der Waals surface area contributed by atoms with Crippen LogP contribution in [0.5, 0.6) is 0 Å². The van der Waals surface area contributed by atoms with Gasteiger partial charge in [-0.2, -0.15) is 0 Å². The molecule has 2 rings (SSSR count). The van der Waals surface area contributed by atoms with Crippen molar-refractivity contribution in [3.63, 3.8) is 0 Å². The van der Waals surface area contributed by atoms with E-state index in [4.69, 9.17) is 5.73 Å². The van der Waals surface area contributed by atoms with E-state index in [-0.39, 0.29) is 10.3 Å². The zero-order valence-electron chi connectivity index (χ0n) is 8.98. The Kier molecular flexibility index (Phi) is 2.82. The van der Waals surface area contributed by atoms with Gasteiger partial charge in [-0.15, -0.1) is 13.2 Å². The molecule has 1 aromatic heterocycles. The molecule has 0 aliphatic heterocycles. The maximum absolute atomic E-state index is 12.7. The molecule has 0 fully saturated rings. The molecule has 18 heavy (non-hydrogen) atoms. The van der Waals surface area contributed by atoms with E-state index < -0.39 is 18.0 Å². The summed E-state index contributed by atoms with van der Waals surface area (Å²) in [4.78, 5) is 14.6. The number of benzene rings is 1. The second kappa shape index (κ2) is 4.17. The lowest BCUT2D eigenvalue weighted by atomic mass is 10.2. The van der Waals surface area contributed by atoms with Gasteiger partial charge in [-0.3, -0.25) is 4.79 Å². The Hall–Kier alpha value is -2.31. The molecule has 2 N–H and O–H groups in total. The molecule has 0 atom stereocenters. The number of carbonyl (C=O) groups excluding carboxylic acids is 1. The number of imidazole rings is 1. The number of aromatic nitrogens is 2. The molecule has 1 heterocycles. The summed E-state index contributed by atoms with van der Waals surface area (Å²) in [5, 5.41) is 0. The van der Waals surface area contributed by atoms with Crippen LogP contribution in [0.15, 0.2) is 36.5 Å². The summed E-state index contributed by atoms with van der Waals surface area (Å²) in [7, 11) is 0. The van der Waals surface area contributed by atoms with Crippen molar-refractivity contribution in [1.82, 2.24) is 9.55 Å². The number of hydrogen-bond donors (Lipinski definition) is 1. The van der Waals surface area contributed by atoms with E-state index in [0.29, 0.717) is 5.56 Å². The van der Waals surface area contributed by atoms with Gasteiger partial charge < -0.3 is 5.73 Å².